The van der Waals surface area contributed by atoms with Crippen molar-refractivity contribution in [1.82, 2.24) is 0 Å². The largest absolute Gasteiger partial charge is 0.486 e. The smallest absolute Gasteiger partial charge is 0.137 e. The Morgan fingerprint density at radius 2 is 1.72 bits per heavy atom. The molecular weight excluding hydrogens is 240 g/mol. The van der Waals surface area contributed by atoms with Crippen molar-refractivity contribution < 1.29 is 18.6 Å². The van der Waals surface area contributed by atoms with Crippen molar-refractivity contribution in [3.63, 3.8) is 0 Å². The number of hydrogen-bond acceptors (Lipinski definition) is 3. The van der Waals surface area contributed by atoms with Crippen LogP contribution in [-0.2, 0) is 0 Å². The van der Waals surface area contributed by atoms with Crippen LogP contribution in [0.2, 0.25) is 0 Å². The van der Waals surface area contributed by atoms with Crippen LogP contribution in [0.1, 0.15) is 20.8 Å². The molecule has 102 valence electrons. The van der Waals surface area contributed by atoms with E-state index in [2.05, 4.69) is 0 Å². The van der Waals surface area contributed by atoms with E-state index in [-0.39, 0.29) is 17.8 Å². The second-order valence-corrected chi connectivity index (χ2v) is 5.34. The SMILES string of the molecule is CC(C)(C)C(N)C(CO)Oc1cc(F)cc(F)c1. The average molecular weight is 259 g/mol. The van der Waals surface area contributed by atoms with Gasteiger partial charge in [0.25, 0.3) is 0 Å². The summed E-state index contributed by atoms with van der Waals surface area (Å²) in [5.74, 6) is -1.44. The van der Waals surface area contributed by atoms with Crippen LogP contribution in [-0.4, -0.2) is 23.9 Å². The van der Waals surface area contributed by atoms with Crippen molar-refractivity contribution in [2.24, 2.45) is 11.1 Å². The maximum Gasteiger partial charge on any atom is 0.137 e. The number of hydrogen-bond donors (Lipinski definition) is 2. The fourth-order valence-electron chi connectivity index (χ4n) is 1.55. The third-order valence-corrected chi connectivity index (χ3v) is 2.70. The predicted octanol–water partition coefficient (Wildman–Crippen LogP) is 2.08. The Balaban J connectivity index is 2.86. The molecule has 3 N–H and O–H groups in total. The molecule has 0 aliphatic heterocycles. The molecule has 18 heavy (non-hydrogen) atoms. The summed E-state index contributed by atoms with van der Waals surface area (Å²) < 4.78 is 31.4. The normalized spacial score (nSPS) is 15.3. The van der Waals surface area contributed by atoms with Crippen molar-refractivity contribution in [1.29, 1.82) is 0 Å². The van der Waals surface area contributed by atoms with Gasteiger partial charge in [0.05, 0.1) is 6.61 Å². The molecule has 5 heteroatoms. The number of ether oxygens (including phenoxy) is 1. The van der Waals surface area contributed by atoms with Gasteiger partial charge in [0, 0.05) is 24.2 Å². The lowest BCUT2D eigenvalue weighted by molar-refractivity contribution is 0.0587. The molecule has 0 aliphatic rings. The van der Waals surface area contributed by atoms with Gasteiger partial charge in [-0.2, -0.15) is 0 Å². The second kappa shape index (κ2) is 5.63. The Kier molecular flexibility index (Phi) is 4.65. The Bertz CT molecular complexity index is 384. The third-order valence-electron chi connectivity index (χ3n) is 2.70. The van der Waals surface area contributed by atoms with Crippen molar-refractivity contribution >= 4 is 0 Å². The first-order chi connectivity index (χ1) is 8.24. The van der Waals surface area contributed by atoms with E-state index in [1.807, 2.05) is 20.8 Å². The molecule has 0 heterocycles. The van der Waals surface area contributed by atoms with E-state index in [4.69, 9.17) is 10.5 Å². The summed E-state index contributed by atoms with van der Waals surface area (Å²) in [6.07, 6.45) is -0.716. The molecule has 0 spiro atoms. The predicted molar refractivity (Wildman–Crippen MR) is 65.3 cm³/mol. The van der Waals surface area contributed by atoms with Crippen LogP contribution in [0.3, 0.4) is 0 Å². The molecule has 0 fully saturated rings. The van der Waals surface area contributed by atoms with Crippen molar-refractivity contribution in [3.05, 3.63) is 29.8 Å². The third kappa shape index (κ3) is 3.92. The van der Waals surface area contributed by atoms with Crippen molar-refractivity contribution in [3.8, 4) is 5.75 Å². The first-order valence-electron chi connectivity index (χ1n) is 5.73. The van der Waals surface area contributed by atoms with Crippen LogP contribution >= 0.6 is 0 Å². The van der Waals surface area contributed by atoms with Gasteiger partial charge in [0.1, 0.15) is 23.5 Å². The maximum absolute atomic E-state index is 13.0. The summed E-state index contributed by atoms with van der Waals surface area (Å²) in [6, 6.07) is 2.40. The zero-order chi connectivity index (χ0) is 13.9. The molecule has 3 nitrogen and oxygen atoms in total. The van der Waals surface area contributed by atoms with Crippen LogP contribution in [0.15, 0.2) is 18.2 Å². The van der Waals surface area contributed by atoms with E-state index in [0.717, 1.165) is 18.2 Å². The monoisotopic (exact) mass is 259 g/mol. The molecule has 0 aliphatic carbocycles. The topological polar surface area (TPSA) is 55.5 Å². The summed E-state index contributed by atoms with van der Waals surface area (Å²) in [5.41, 5.74) is 5.66. The molecule has 0 aromatic heterocycles. The maximum atomic E-state index is 13.0. The Hall–Kier alpha value is -1.20. The van der Waals surface area contributed by atoms with Gasteiger partial charge < -0.3 is 15.6 Å². The lowest BCUT2D eigenvalue weighted by Crippen LogP contribution is -2.49. The summed E-state index contributed by atoms with van der Waals surface area (Å²) in [6.45, 7) is 5.37. The van der Waals surface area contributed by atoms with E-state index in [0.29, 0.717) is 0 Å². The number of halogens is 2. The fraction of sp³-hybridized carbons (Fsp3) is 0.538. The number of aliphatic hydroxyl groups excluding tert-OH is 1. The Labute approximate surface area is 106 Å². The Morgan fingerprint density at radius 1 is 1.22 bits per heavy atom. The zero-order valence-corrected chi connectivity index (χ0v) is 10.8. The molecule has 0 saturated carbocycles. The molecule has 1 aromatic carbocycles. The van der Waals surface area contributed by atoms with Crippen LogP contribution in [0.25, 0.3) is 0 Å². The van der Waals surface area contributed by atoms with Crippen LogP contribution in [0.5, 0.6) is 5.75 Å². The Morgan fingerprint density at radius 3 is 2.11 bits per heavy atom. The van der Waals surface area contributed by atoms with Gasteiger partial charge in [-0.3, -0.25) is 0 Å². The van der Waals surface area contributed by atoms with E-state index in [9.17, 15) is 13.9 Å². The van der Waals surface area contributed by atoms with Gasteiger partial charge >= 0.3 is 0 Å². The van der Waals surface area contributed by atoms with Gasteiger partial charge in [0.15, 0.2) is 0 Å². The van der Waals surface area contributed by atoms with E-state index in [1.54, 1.807) is 0 Å². The van der Waals surface area contributed by atoms with E-state index in [1.165, 1.54) is 0 Å². The number of aliphatic hydroxyl groups is 1. The number of benzene rings is 1. The highest BCUT2D eigenvalue weighted by Crippen LogP contribution is 2.24. The molecular formula is C13H19F2NO2. The highest BCUT2D eigenvalue weighted by Gasteiger charge is 2.30. The lowest BCUT2D eigenvalue weighted by Gasteiger charge is -2.33. The quantitative estimate of drug-likeness (QED) is 0.870. The minimum absolute atomic E-state index is 0.0197. The molecule has 2 atom stereocenters. The average Bonchev–Trinajstić information content (AvgIpc) is 2.22. The molecule has 0 saturated heterocycles. The second-order valence-electron chi connectivity index (χ2n) is 5.34. The highest BCUT2D eigenvalue weighted by molar-refractivity contribution is 5.24. The van der Waals surface area contributed by atoms with E-state index < -0.39 is 23.8 Å². The minimum Gasteiger partial charge on any atom is -0.486 e. The molecule has 1 rings (SSSR count). The van der Waals surface area contributed by atoms with Crippen LogP contribution < -0.4 is 10.5 Å². The molecule has 0 radical (unpaired) electrons. The summed E-state index contributed by atoms with van der Waals surface area (Å²) in [7, 11) is 0. The summed E-state index contributed by atoms with van der Waals surface area (Å²) in [5, 5.41) is 9.27. The first kappa shape index (κ1) is 14.9. The van der Waals surface area contributed by atoms with Crippen molar-refractivity contribution in [2.45, 2.75) is 32.9 Å². The number of nitrogens with two attached hydrogens (primary N) is 1. The van der Waals surface area contributed by atoms with Gasteiger partial charge in [-0.1, -0.05) is 20.8 Å². The molecule has 1 aromatic rings. The van der Waals surface area contributed by atoms with Gasteiger partial charge in [-0.05, 0) is 5.41 Å². The van der Waals surface area contributed by atoms with Gasteiger partial charge in [-0.15, -0.1) is 0 Å². The van der Waals surface area contributed by atoms with Crippen LogP contribution in [0, 0.1) is 17.0 Å². The molecule has 0 amide bonds. The lowest BCUT2D eigenvalue weighted by atomic mass is 9.84. The standard InChI is InChI=1S/C13H19F2NO2/c1-13(2,3)12(16)11(7-17)18-10-5-8(14)4-9(15)6-10/h4-6,11-12,17H,7,16H2,1-3H3. The van der Waals surface area contributed by atoms with E-state index >= 15 is 0 Å². The highest BCUT2D eigenvalue weighted by atomic mass is 19.1. The van der Waals surface area contributed by atoms with Crippen molar-refractivity contribution in [2.75, 3.05) is 6.61 Å². The first-order valence-corrected chi connectivity index (χ1v) is 5.73. The molecule has 0 bridgehead atoms. The summed E-state index contributed by atoms with van der Waals surface area (Å²) in [4.78, 5) is 0. The van der Waals surface area contributed by atoms with Gasteiger partial charge in [0.2, 0.25) is 0 Å². The fourth-order valence-corrected chi connectivity index (χ4v) is 1.55. The minimum atomic E-state index is -0.731. The van der Waals surface area contributed by atoms with Crippen LogP contribution in [0.4, 0.5) is 8.78 Å². The number of rotatable bonds is 4. The summed E-state index contributed by atoms with van der Waals surface area (Å²) >= 11 is 0. The van der Waals surface area contributed by atoms with Gasteiger partial charge in [-0.25, -0.2) is 8.78 Å². The molecule has 2 unspecified atom stereocenters. The zero-order valence-electron chi connectivity index (χ0n) is 10.8.